The van der Waals surface area contributed by atoms with E-state index in [1.54, 1.807) is 53.7 Å². The number of nitrogens with zero attached hydrogens (tertiary/aromatic N) is 1. The molecule has 7 fully saturated rings. The summed E-state index contributed by atoms with van der Waals surface area (Å²) in [5.74, 6) is -5.20. The largest absolute Gasteiger partial charge is 0.511 e. The molecule has 26 nitrogen and oxygen atoms in total. The zero-order valence-electron chi connectivity index (χ0n) is 56.0. The summed E-state index contributed by atoms with van der Waals surface area (Å²) in [7, 11) is 2.70. The van der Waals surface area contributed by atoms with Crippen molar-refractivity contribution in [2.24, 2.45) is 46.8 Å². The number of carbonyl (C=O) groups excluding carboxylic acids is 3. The number of nitrogens with one attached hydrogen (secondary N) is 1. The van der Waals surface area contributed by atoms with Gasteiger partial charge in [-0.3, -0.25) is 15.2 Å². The van der Waals surface area contributed by atoms with Crippen LogP contribution in [0.25, 0.3) is 0 Å². The lowest BCUT2D eigenvalue weighted by Gasteiger charge is -2.56. The Labute approximate surface area is 544 Å². The Morgan fingerprint density at radius 1 is 0.667 bits per heavy atom. The molecule has 31 atom stereocenters. The highest BCUT2D eigenvalue weighted by atomic mass is 16.8. The molecule has 1 spiro atoms. The number of Topliss-reactive ketones (excluding diaryl/α,β-unsaturated/α-hetero) is 1. The quantitative estimate of drug-likeness (QED) is 0.0463. The number of carbonyl (C=O) groups is 3. The van der Waals surface area contributed by atoms with Gasteiger partial charge in [0.25, 0.3) is 0 Å². The Hall–Kier alpha value is -3.85. The number of aliphatic hydroxyl groups is 6. The predicted octanol–water partition coefficient (Wildman–Crippen LogP) is 5.26. The third kappa shape index (κ3) is 13.9. The number of hydrogen-bond acceptors (Lipinski definition) is 25. The highest BCUT2D eigenvalue weighted by Crippen LogP contribution is 2.61. The van der Waals surface area contributed by atoms with E-state index in [1.807, 2.05) is 39.8 Å². The highest BCUT2D eigenvalue weighted by molar-refractivity contribution is 6.26. The number of fused-ring (bicyclic) bond motifs is 4. The Balaban J connectivity index is 0.942. The summed E-state index contributed by atoms with van der Waals surface area (Å²) in [5.41, 5.74) is -3.16. The van der Waals surface area contributed by atoms with Crippen LogP contribution in [0.4, 0.5) is 4.79 Å². The first-order valence-corrected chi connectivity index (χ1v) is 33.3. The molecule has 6 saturated heterocycles. The average molecular weight is 1320 g/mol. The number of hydroxylamine groups is 2. The summed E-state index contributed by atoms with van der Waals surface area (Å²) < 4.78 is 82.2. The van der Waals surface area contributed by atoms with Crippen LogP contribution in [-0.2, 0) is 71.2 Å². The molecule has 2 bridgehead atoms. The van der Waals surface area contributed by atoms with Crippen molar-refractivity contribution in [3.8, 4) is 0 Å². The second-order valence-corrected chi connectivity index (χ2v) is 28.6. The molecule has 31 unspecified atom stereocenters. The molecule has 93 heavy (non-hydrogen) atoms. The van der Waals surface area contributed by atoms with Crippen LogP contribution in [0.2, 0.25) is 0 Å². The molecule has 524 valence electrons. The first-order chi connectivity index (χ1) is 43.9. The molecule has 1 saturated carbocycles. The minimum Gasteiger partial charge on any atom is -0.511 e. The SMILES string of the molecule is COC(=O)NC1C(C)OC(OC2CC=C(C)C3C=CC4C(OC5CC(OC6CC(OC7CC(O)C(O)C(C)O7)C(OC7CC(O)C(OC)C(C)O7)C(C)O6)C(O)C(C)O5)C(C)CC(C)C4C3(C)C(O)=C3C(=O)OC4(CC(C)C(CO)=CC4C=C2C)C3=O)CC1(C)N(O)O. The van der Waals surface area contributed by atoms with Crippen molar-refractivity contribution in [1.29, 1.82) is 0 Å². The molecular weight excluding hydrogens is 1220 g/mol. The molecule has 6 heterocycles. The van der Waals surface area contributed by atoms with Crippen molar-refractivity contribution in [2.75, 3.05) is 20.8 Å². The summed E-state index contributed by atoms with van der Waals surface area (Å²) >= 11 is 0. The maximum absolute atomic E-state index is 15.7. The number of rotatable bonds is 14. The van der Waals surface area contributed by atoms with E-state index in [-0.39, 0.29) is 68.6 Å². The topological polar surface area (TPSA) is 348 Å². The van der Waals surface area contributed by atoms with Gasteiger partial charge in [-0.15, -0.1) is 0 Å². The van der Waals surface area contributed by atoms with E-state index in [9.17, 15) is 50.6 Å². The Morgan fingerprint density at radius 2 is 1.26 bits per heavy atom. The van der Waals surface area contributed by atoms with E-state index in [1.165, 1.54) is 14.2 Å². The van der Waals surface area contributed by atoms with E-state index in [2.05, 4.69) is 25.2 Å². The second-order valence-electron chi connectivity index (χ2n) is 28.6. The molecule has 0 aromatic rings. The summed E-state index contributed by atoms with van der Waals surface area (Å²) in [4.78, 5) is 43.0. The first-order valence-electron chi connectivity index (χ1n) is 33.3. The average Bonchev–Trinajstić information content (AvgIpc) is 1.70. The predicted molar refractivity (Wildman–Crippen MR) is 326 cm³/mol. The number of aliphatic hydroxyl groups excluding tert-OH is 6. The number of allylic oxidation sites excluding steroid dienone is 3. The van der Waals surface area contributed by atoms with Crippen LogP contribution in [0, 0.1) is 46.8 Å². The van der Waals surface area contributed by atoms with Crippen LogP contribution in [0.5, 0.6) is 0 Å². The molecule has 9 N–H and O–H groups in total. The number of esters is 1. The van der Waals surface area contributed by atoms with Gasteiger partial charge in [-0.25, -0.2) is 9.59 Å². The third-order valence-electron chi connectivity index (χ3n) is 22.3. The number of alkyl carbamates (subject to hydrolysis) is 1. The molecule has 6 aliphatic heterocycles. The van der Waals surface area contributed by atoms with Gasteiger partial charge in [0.1, 0.15) is 35.7 Å². The lowest BCUT2D eigenvalue weighted by Crippen LogP contribution is -2.68. The van der Waals surface area contributed by atoms with Crippen molar-refractivity contribution in [3.63, 3.8) is 0 Å². The maximum atomic E-state index is 15.7. The molecule has 4 aliphatic carbocycles. The van der Waals surface area contributed by atoms with Gasteiger partial charge in [-0.05, 0) is 103 Å². The van der Waals surface area contributed by atoms with E-state index in [4.69, 9.17) is 61.6 Å². The Kier molecular flexibility index (Phi) is 22.1. The maximum Gasteiger partial charge on any atom is 0.407 e. The van der Waals surface area contributed by atoms with Gasteiger partial charge in [-0.2, -0.15) is 0 Å². The fourth-order valence-electron chi connectivity index (χ4n) is 17.3. The van der Waals surface area contributed by atoms with Gasteiger partial charge < -0.3 is 97.5 Å². The van der Waals surface area contributed by atoms with Gasteiger partial charge >= 0.3 is 12.1 Å². The fourth-order valence-corrected chi connectivity index (χ4v) is 17.3. The standard InChI is InChI=1S/C67H102N2O24/c1-29-15-18-45(88-52-27-65(11,69(79)80)60(38(10)87-52)68-64(78)82-14)30(2)20-40-21-39(28-70)33(5)26-67(40)62(76)53(63(77)93-67)61(75)66(12)42(29)17-16-41-54(66)31(3)19-32(4)57(41)91-51-24-46(56(74)35(7)84-51)89-50-25-47(90-48-22-43(71)55(73)34(6)83-48)59(37(9)86-50)92-49-23-44(72)58(81-13)36(8)85-49/h15-17,20-21,31-38,40-52,54-60,70-75,79-80H,18-19,22-28H2,1-14H3,(H,68,78). The molecular formula is C67H102N2O24. The monoisotopic (exact) mass is 1320 g/mol. The molecule has 0 aromatic heterocycles. The first kappa shape index (κ1) is 71.9. The number of methoxy groups -OCH3 is 2. The molecule has 26 heteroatoms. The molecule has 0 radical (unpaired) electrons. The van der Waals surface area contributed by atoms with Crippen molar-refractivity contribution < 1.29 is 117 Å². The van der Waals surface area contributed by atoms with Gasteiger partial charge in [0.05, 0.1) is 92.4 Å². The van der Waals surface area contributed by atoms with E-state index >= 15 is 4.79 Å². The lowest BCUT2D eigenvalue weighted by molar-refractivity contribution is -0.390. The van der Waals surface area contributed by atoms with E-state index < -0.39 is 204 Å². The van der Waals surface area contributed by atoms with Crippen LogP contribution in [0.1, 0.15) is 134 Å². The summed E-state index contributed by atoms with van der Waals surface area (Å²) in [6.07, 6.45) is -7.44. The number of amides is 1. The molecule has 0 aromatic carbocycles. The van der Waals surface area contributed by atoms with Crippen molar-refractivity contribution in [3.05, 3.63) is 58.4 Å². The summed E-state index contributed by atoms with van der Waals surface area (Å²) in [5, 5.41) is 92.3. The number of ether oxygens (including phenoxy) is 13. The highest BCUT2D eigenvalue weighted by Gasteiger charge is 2.64. The smallest absolute Gasteiger partial charge is 0.407 e. The zero-order valence-corrected chi connectivity index (χ0v) is 56.0. The van der Waals surface area contributed by atoms with E-state index in [0.717, 1.165) is 5.57 Å². The number of hydrogen-bond donors (Lipinski definition) is 9. The van der Waals surface area contributed by atoms with Gasteiger partial charge in [-0.1, -0.05) is 68.9 Å². The number of ketones is 1. The van der Waals surface area contributed by atoms with Crippen molar-refractivity contribution in [1.82, 2.24) is 10.5 Å². The Morgan fingerprint density at radius 3 is 1.90 bits per heavy atom. The van der Waals surface area contributed by atoms with Crippen molar-refractivity contribution >= 4 is 17.8 Å². The minimum atomic E-state index is -1.83. The van der Waals surface area contributed by atoms with Crippen LogP contribution in [0.15, 0.2) is 58.4 Å². The van der Waals surface area contributed by atoms with Crippen molar-refractivity contribution in [2.45, 2.75) is 275 Å². The lowest BCUT2D eigenvalue weighted by atomic mass is 9.49. The van der Waals surface area contributed by atoms with Gasteiger partial charge in [0.15, 0.2) is 37.1 Å². The summed E-state index contributed by atoms with van der Waals surface area (Å²) in [6, 6.07) is -0.968. The second kappa shape index (κ2) is 28.5. The zero-order chi connectivity index (χ0) is 67.7. The molecule has 1 amide bonds. The van der Waals surface area contributed by atoms with Crippen LogP contribution >= 0.6 is 0 Å². The molecule has 10 aliphatic rings. The molecule has 10 rings (SSSR count). The summed E-state index contributed by atoms with van der Waals surface area (Å²) in [6.45, 7) is 21.5. The van der Waals surface area contributed by atoms with Crippen LogP contribution < -0.4 is 5.32 Å². The Bertz CT molecular complexity index is 2830. The van der Waals surface area contributed by atoms with Gasteiger partial charge in [0, 0.05) is 68.8 Å². The van der Waals surface area contributed by atoms with E-state index in [0.29, 0.717) is 17.6 Å². The fraction of sp³-hybridized carbons (Fsp3) is 0.806. The van der Waals surface area contributed by atoms with Crippen LogP contribution in [0.3, 0.4) is 0 Å². The third-order valence-corrected chi connectivity index (χ3v) is 22.3. The normalized spacial score (nSPS) is 48.1. The van der Waals surface area contributed by atoms with Gasteiger partial charge in [0.2, 0.25) is 5.78 Å². The minimum absolute atomic E-state index is 0.00390. The van der Waals surface area contributed by atoms with Crippen LogP contribution in [-0.4, -0.2) is 225 Å².